The van der Waals surface area contributed by atoms with Crippen LogP contribution in [-0.2, 0) is 4.79 Å². The van der Waals surface area contributed by atoms with Gasteiger partial charge in [-0.15, -0.1) is 0 Å². The van der Waals surface area contributed by atoms with Crippen LogP contribution < -0.4 is 5.32 Å². The number of hydrogen-bond acceptors (Lipinski definition) is 5. The SMILES string of the molecule is CCCCC(=O)Nc1cncc(-c2ccc3[nH]nc(-c4cc5c(-c6cccc(F)c6)ccnc5[nH]4)c3n2)c1. The molecule has 9 heteroatoms. The molecule has 1 aromatic carbocycles. The van der Waals surface area contributed by atoms with Gasteiger partial charge in [0.1, 0.15) is 22.7 Å². The van der Waals surface area contributed by atoms with Gasteiger partial charge in [-0.2, -0.15) is 5.10 Å². The number of aromatic amines is 2. The van der Waals surface area contributed by atoms with Gasteiger partial charge in [0, 0.05) is 29.8 Å². The second-order valence-electron chi connectivity index (χ2n) is 9.09. The molecule has 0 aliphatic heterocycles. The average Bonchev–Trinajstić information content (AvgIpc) is 3.55. The summed E-state index contributed by atoms with van der Waals surface area (Å²) in [4.78, 5) is 29.1. The van der Waals surface area contributed by atoms with E-state index in [2.05, 4.69) is 37.4 Å². The number of carbonyl (C=O) groups is 1. The Morgan fingerprint density at radius 3 is 2.84 bits per heavy atom. The first-order valence-corrected chi connectivity index (χ1v) is 12.4. The van der Waals surface area contributed by atoms with Gasteiger partial charge in [-0.3, -0.25) is 14.9 Å². The van der Waals surface area contributed by atoms with Crippen LogP contribution in [0.5, 0.6) is 0 Å². The molecule has 0 unspecified atom stereocenters. The van der Waals surface area contributed by atoms with Crippen molar-refractivity contribution < 1.29 is 9.18 Å². The van der Waals surface area contributed by atoms with Crippen molar-refractivity contribution in [2.75, 3.05) is 5.32 Å². The van der Waals surface area contributed by atoms with E-state index < -0.39 is 0 Å². The van der Waals surface area contributed by atoms with Crippen molar-refractivity contribution in [3.05, 3.63) is 79.0 Å². The fraction of sp³-hybridized carbons (Fsp3) is 0.138. The summed E-state index contributed by atoms with van der Waals surface area (Å²) in [5.41, 5.74) is 7.25. The minimum absolute atomic E-state index is 0.0311. The highest BCUT2D eigenvalue weighted by molar-refractivity contribution is 5.99. The van der Waals surface area contributed by atoms with Gasteiger partial charge in [0.05, 0.1) is 28.8 Å². The number of pyridine rings is 3. The van der Waals surface area contributed by atoms with Crippen LogP contribution in [0.2, 0.25) is 0 Å². The maximum Gasteiger partial charge on any atom is 0.224 e. The third-order valence-corrected chi connectivity index (χ3v) is 6.41. The molecular weight excluding hydrogens is 481 g/mol. The molecule has 0 spiro atoms. The number of H-pyrrole nitrogens is 2. The monoisotopic (exact) mass is 505 g/mol. The molecule has 6 rings (SSSR count). The summed E-state index contributed by atoms with van der Waals surface area (Å²) in [6.45, 7) is 2.05. The Hall–Kier alpha value is -4.92. The first-order valence-electron chi connectivity index (χ1n) is 12.4. The van der Waals surface area contributed by atoms with E-state index in [1.807, 2.05) is 36.4 Å². The molecule has 0 atom stereocenters. The van der Waals surface area contributed by atoms with Crippen molar-refractivity contribution in [3.63, 3.8) is 0 Å². The molecule has 0 saturated heterocycles. The lowest BCUT2D eigenvalue weighted by Gasteiger charge is -2.07. The molecule has 0 bridgehead atoms. The van der Waals surface area contributed by atoms with E-state index in [4.69, 9.17) is 4.98 Å². The van der Waals surface area contributed by atoms with Crippen LogP contribution >= 0.6 is 0 Å². The van der Waals surface area contributed by atoms with Crippen molar-refractivity contribution in [2.24, 2.45) is 0 Å². The van der Waals surface area contributed by atoms with E-state index in [0.29, 0.717) is 34.7 Å². The lowest BCUT2D eigenvalue weighted by atomic mass is 10.0. The minimum atomic E-state index is -0.294. The smallest absolute Gasteiger partial charge is 0.224 e. The molecule has 0 fully saturated rings. The molecule has 38 heavy (non-hydrogen) atoms. The molecule has 1 amide bonds. The van der Waals surface area contributed by atoms with Crippen LogP contribution in [-0.4, -0.2) is 36.0 Å². The van der Waals surface area contributed by atoms with Crippen LogP contribution in [0.3, 0.4) is 0 Å². The molecule has 0 aliphatic rings. The summed E-state index contributed by atoms with van der Waals surface area (Å²) < 4.78 is 13.9. The molecule has 0 radical (unpaired) electrons. The fourth-order valence-electron chi connectivity index (χ4n) is 4.52. The molecule has 6 aromatic rings. The normalized spacial score (nSPS) is 11.3. The Labute approximate surface area is 217 Å². The van der Waals surface area contributed by atoms with E-state index in [0.717, 1.165) is 46.1 Å². The number of unbranched alkanes of at least 4 members (excludes halogenated alkanes) is 1. The van der Waals surface area contributed by atoms with Crippen LogP contribution in [0, 0.1) is 5.82 Å². The summed E-state index contributed by atoms with van der Waals surface area (Å²) in [5, 5.41) is 11.3. The van der Waals surface area contributed by atoms with Crippen molar-refractivity contribution >= 4 is 33.7 Å². The van der Waals surface area contributed by atoms with Crippen LogP contribution in [0.4, 0.5) is 10.1 Å². The molecule has 5 heterocycles. The van der Waals surface area contributed by atoms with E-state index in [9.17, 15) is 9.18 Å². The Balaban J connectivity index is 1.37. The van der Waals surface area contributed by atoms with Crippen molar-refractivity contribution in [2.45, 2.75) is 26.2 Å². The molecular formula is C29H24FN7O. The summed E-state index contributed by atoms with van der Waals surface area (Å²) in [6, 6.07) is 16.0. The minimum Gasteiger partial charge on any atom is -0.338 e. The lowest BCUT2D eigenvalue weighted by Crippen LogP contribution is -2.11. The largest absolute Gasteiger partial charge is 0.338 e. The number of aromatic nitrogens is 6. The molecule has 8 nitrogen and oxygen atoms in total. The van der Waals surface area contributed by atoms with E-state index in [-0.39, 0.29) is 11.7 Å². The quantitative estimate of drug-likeness (QED) is 0.229. The maximum absolute atomic E-state index is 13.9. The third-order valence-electron chi connectivity index (χ3n) is 6.41. The fourth-order valence-corrected chi connectivity index (χ4v) is 4.52. The predicted molar refractivity (Wildman–Crippen MR) is 146 cm³/mol. The van der Waals surface area contributed by atoms with Gasteiger partial charge >= 0.3 is 0 Å². The van der Waals surface area contributed by atoms with Gasteiger partial charge in [0.2, 0.25) is 5.91 Å². The second-order valence-corrected chi connectivity index (χ2v) is 9.09. The van der Waals surface area contributed by atoms with Gasteiger partial charge in [0.25, 0.3) is 0 Å². The van der Waals surface area contributed by atoms with E-state index >= 15 is 0 Å². The highest BCUT2D eigenvalue weighted by Crippen LogP contribution is 2.33. The number of nitrogens with zero attached hydrogens (tertiary/aromatic N) is 4. The zero-order chi connectivity index (χ0) is 26.1. The number of anilines is 1. The highest BCUT2D eigenvalue weighted by atomic mass is 19.1. The Kier molecular flexibility index (Phi) is 6.09. The molecule has 0 aliphatic carbocycles. The Bertz CT molecular complexity index is 1790. The number of fused-ring (bicyclic) bond motifs is 2. The average molecular weight is 506 g/mol. The predicted octanol–water partition coefficient (Wildman–Crippen LogP) is 6.50. The van der Waals surface area contributed by atoms with Crippen LogP contribution in [0.25, 0.3) is 55.8 Å². The molecule has 3 N–H and O–H groups in total. The number of nitrogens with one attached hydrogen (secondary N) is 3. The summed E-state index contributed by atoms with van der Waals surface area (Å²) in [6.07, 6.45) is 7.32. The number of hydrogen-bond donors (Lipinski definition) is 3. The Morgan fingerprint density at radius 2 is 1.97 bits per heavy atom. The first kappa shape index (κ1) is 23.5. The summed E-state index contributed by atoms with van der Waals surface area (Å²) in [5.74, 6) is -0.325. The number of amides is 1. The summed E-state index contributed by atoms with van der Waals surface area (Å²) >= 11 is 0. The number of benzene rings is 1. The third kappa shape index (κ3) is 4.50. The summed E-state index contributed by atoms with van der Waals surface area (Å²) in [7, 11) is 0. The standard InChI is InChI=1S/C29H24FN7O/c1-2-3-7-26(38)33-20-13-18(15-31-16-20)23-8-9-24-27(34-23)28(37-36-24)25-14-22-21(10-11-32-29(22)35-25)17-5-4-6-19(30)12-17/h4-6,8-16H,2-3,7H2,1H3,(H,32,35)(H,33,38)(H,36,37). The topological polar surface area (TPSA) is 112 Å². The van der Waals surface area contributed by atoms with E-state index in [1.54, 1.807) is 24.7 Å². The van der Waals surface area contributed by atoms with Gasteiger partial charge in [-0.1, -0.05) is 25.5 Å². The van der Waals surface area contributed by atoms with Crippen molar-refractivity contribution in [1.29, 1.82) is 0 Å². The number of rotatable bonds is 7. The first-order chi connectivity index (χ1) is 18.6. The number of halogens is 1. The van der Waals surface area contributed by atoms with Gasteiger partial charge < -0.3 is 10.3 Å². The van der Waals surface area contributed by atoms with Gasteiger partial charge in [-0.05, 0) is 60.0 Å². The Morgan fingerprint density at radius 1 is 1.05 bits per heavy atom. The highest BCUT2D eigenvalue weighted by Gasteiger charge is 2.16. The van der Waals surface area contributed by atoms with Crippen LogP contribution in [0.15, 0.2) is 73.2 Å². The lowest BCUT2D eigenvalue weighted by molar-refractivity contribution is -0.116. The zero-order valence-corrected chi connectivity index (χ0v) is 20.6. The van der Waals surface area contributed by atoms with Crippen LogP contribution in [0.1, 0.15) is 26.2 Å². The molecule has 5 aromatic heterocycles. The van der Waals surface area contributed by atoms with E-state index in [1.165, 1.54) is 12.1 Å². The zero-order valence-electron chi connectivity index (χ0n) is 20.6. The second kappa shape index (κ2) is 9.85. The van der Waals surface area contributed by atoms with Crippen molar-refractivity contribution in [1.82, 2.24) is 30.1 Å². The molecule has 0 saturated carbocycles. The van der Waals surface area contributed by atoms with Gasteiger partial charge in [-0.25, -0.2) is 14.4 Å². The maximum atomic E-state index is 13.9. The van der Waals surface area contributed by atoms with Crippen molar-refractivity contribution in [3.8, 4) is 33.8 Å². The van der Waals surface area contributed by atoms with Gasteiger partial charge in [0.15, 0.2) is 0 Å². The number of carbonyl (C=O) groups excluding carboxylic acids is 1. The molecule has 188 valence electrons.